The molecule has 2 heterocycles. The molecule has 2 aromatic carbocycles. The van der Waals surface area contributed by atoms with Crippen LogP contribution in [0.3, 0.4) is 0 Å². The molecule has 0 saturated carbocycles. The Labute approximate surface area is 176 Å². The molecule has 158 valence electrons. The SMILES string of the molecule is O=C(Cc1cccc(F)c1)N1CCC2(CC1)N(Cc1cccc(F)c1)C(=O)CS2=O. The van der Waals surface area contributed by atoms with Gasteiger partial charge in [-0.25, -0.2) is 8.78 Å². The van der Waals surface area contributed by atoms with Crippen molar-refractivity contribution in [3.8, 4) is 0 Å². The van der Waals surface area contributed by atoms with E-state index in [1.807, 2.05) is 0 Å². The summed E-state index contributed by atoms with van der Waals surface area (Å²) in [6, 6.07) is 12.0. The van der Waals surface area contributed by atoms with Crippen molar-refractivity contribution >= 4 is 22.6 Å². The number of halogens is 2. The van der Waals surface area contributed by atoms with Gasteiger partial charge in [-0.05, 0) is 35.4 Å². The smallest absolute Gasteiger partial charge is 0.236 e. The number of carbonyl (C=O) groups excluding carboxylic acids is 2. The minimum absolute atomic E-state index is 0.0491. The molecule has 5 nitrogen and oxygen atoms in total. The van der Waals surface area contributed by atoms with Gasteiger partial charge in [-0.3, -0.25) is 13.8 Å². The van der Waals surface area contributed by atoms with E-state index in [4.69, 9.17) is 0 Å². The molecule has 2 aliphatic heterocycles. The fourth-order valence-electron chi connectivity index (χ4n) is 4.26. The van der Waals surface area contributed by atoms with Crippen LogP contribution >= 0.6 is 0 Å². The van der Waals surface area contributed by atoms with Gasteiger partial charge in [-0.2, -0.15) is 0 Å². The summed E-state index contributed by atoms with van der Waals surface area (Å²) in [7, 11) is -1.38. The Balaban J connectivity index is 1.46. The van der Waals surface area contributed by atoms with Crippen molar-refractivity contribution in [3.05, 3.63) is 71.3 Å². The first-order valence-electron chi connectivity index (χ1n) is 9.83. The number of rotatable bonds is 4. The van der Waals surface area contributed by atoms with Crippen LogP contribution in [0.25, 0.3) is 0 Å². The minimum atomic E-state index is -1.38. The van der Waals surface area contributed by atoms with Crippen molar-refractivity contribution in [1.29, 1.82) is 0 Å². The van der Waals surface area contributed by atoms with Crippen molar-refractivity contribution in [2.45, 2.75) is 30.7 Å². The lowest BCUT2D eigenvalue weighted by atomic mass is 10.00. The molecule has 1 spiro atoms. The Bertz CT molecular complexity index is 1010. The monoisotopic (exact) mass is 432 g/mol. The zero-order valence-corrected chi connectivity index (χ0v) is 17.2. The molecule has 8 heteroatoms. The highest BCUT2D eigenvalue weighted by molar-refractivity contribution is 7.87. The van der Waals surface area contributed by atoms with Gasteiger partial charge in [0.05, 0.1) is 17.2 Å². The molecule has 2 saturated heterocycles. The second-order valence-electron chi connectivity index (χ2n) is 7.73. The van der Waals surface area contributed by atoms with Gasteiger partial charge in [0.2, 0.25) is 11.8 Å². The summed E-state index contributed by atoms with van der Waals surface area (Å²) in [6.07, 6.45) is 0.894. The third-order valence-corrected chi connectivity index (χ3v) is 7.83. The van der Waals surface area contributed by atoms with Gasteiger partial charge in [0.1, 0.15) is 22.3 Å². The van der Waals surface area contributed by atoms with Gasteiger partial charge in [-0.15, -0.1) is 0 Å². The van der Waals surface area contributed by atoms with Gasteiger partial charge < -0.3 is 9.80 Å². The predicted molar refractivity (Wildman–Crippen MR) is 109 cm³/mol. The van der Waals surface area contributed by atoms with Crippen LogP contribution in [0.15, 0.2) is 48.5 Å². The topological polar surface area (TPSA) is 57.7 Å². The van der Waals surface area contributed by atoms with Gasteiger partial charge in [0.25, 0.3) is 0 Å². The zero-order chi connectivity index (χ0) is 21.3. The maximum Gasteiger partial charge on any atom is 0.236 e. The molecular formula is C22H22F2N2O3S. The molecule has 2 aromatic rings. The summed E-state index contributed by atoms with van der Waals surface area (Å²) in [5.74, 6) is -1.15. The van der Waals surface area contributed by atoms with Crippen molar-refractivity contribution < 1.29 is 22.6 Å². The summed E-state index contributed by atoms with van der Waals surface area (Å²) in [5, 5.41) is 0. The maximum absolute atomic E-state index is 13.6. The van der Waals surface area contributed by atoms with Gasteiger partial charge in [0.15, 0.2) is 0 Å². The quantitative estimate of drug-likeness (QED) is 0.746. The number of amides is 2. The molecule has 0 aromatic heterocycles. The van der Waals surface area contributed by atoms with Crippen LogP contribution in [0.1, 0.15) is 24.0 Å². The predicted octanol–water partition coefficient (Wildman–Crippen LogP) is 2.62. The fraction of sp³-hybridized carbons (Fsp3) is 0.364. The number of hydrogen-bond donors (Lipinski definition) is 0. The highest BCUT2D eigenvalue weighted by Gasteiger charge is 2.53. The lowest BCUT2D eigenvalue weighted by Gasteiger charge is -2.43. The molecule has 0 bridgehead atoms. The van der Waals surface area contributed by atoms with E-state index in [1.54, 1.807) is 34.1 Å². The summed E-state index contributed by atoms with van der Waals surface area (Å²) >= 11 is 0. The van der Waals surface area contributed by atoms with Crippen LogP contribution in [0.5, 0.6) is 0 Å². The van der Waals surface area contributed by atoms with E-state index in [1.165, 1.54) is 24.3 Å². The van der Waals surface area contributed by atoms with E-state index >= 15 is 0 Å². The number of piperidine rings is 1. The number of carbonyl (C=O) groups is 2. The van der Waals surface area contributed by atoms with E-state index in [0.29, 0.717) is 37.1 Å². The van der Waals surface area contributed by atoms with E-state index < -0.39 is 15.7 Å². The van der Waals surface area contributed by atoms with Crippen molar-refractivity contribution in [2.24, 2.45) is 0 Å². The number of nitrogens with zero attached hydrogens (tertiary/aromatic N) is 2. The summed E-state index contributed by atoms with van der Waals surface area (Å²) < 4.78 is 39.8. The van der Waals surface area contributed by atoms with E-state index in [2.05, 4.69) is 0 Å². The largest absolute Gasteiger partial charge is 0.342 e. The molecule has 2 amide bonds. The molecule has 4 rings (SSSR count). The normalized spacial score (nSPS) is 20.7. The lowest BCUT2D eigenvalue weighted by molar-refractivity contribution is -0.135. The van der Waals surface area contributed by atoms with Crippen LogP contribution < -0.4 is 0 Å². The Hall–Kier alpha value is -2.61. The van der Waals surface area contributed by atoms with Gasteiger partial charge >= 0.3 is 0 Å². The van der Waals surface area contributed by atoms with E-state index in [9.17, 15) is 22.6 Å². The first-order chi connectivity index (χ1) is 14.4. The molecule has 2 aliphatic rings. The van der Waals surface area contributed by atoms with Gasteiger partial charge in [-0.1, -0.05) is 24.3 Å². The van der Waals surface area contributed by atoms with Gasteiger partial charge in [0, 0.05) is 32.5 Å². The molecule has 0 N–H and O–H groups in total. The molecule has 0 radical (unpaired) electrons. The summed E-state index contributed by atoms with van der Waals surface area (Å²) in [4.78, 5) is 27.6. The molecule has 1 atom stereocenters. The van der Waals surface area contributed by atoms with E-state index in [-0.39, 0.29) is 42.2 Å². The molecular weight excluding hydrogens is 410 g/mol. The number of hydrogen-bond acceptors (Lipinski definition) is 3. The molecule has 1 unspecified atom stereocenters. The van der Waals surface area contributed by atoms with Crippen LogP contribution in [0.2, 0.25) is 0 Å². The van der Waals surface area contributed by atoms with Crippen molar-refractivity contribution in [2.75, 3.05) is 18.8 Å². The third kappa shape index (κ3) is 4.01. The van der Waals surface area contributed by atoms with Crippen LogP contribution in [-0.4, -0.2) is 49.5 Å². The number of likely N-dealkylation sites (tertiary alicyclic amines) is 1. The Kier molecular flexibility index (Phi) is 5.69. The average Bonchev–Trinajstić information content (AvgIpc) is 2.92. The average molecular weight is 432 g/mol. The second-order valence-corrected chi connectivity index (χ2v) is 9.47. The van der Waals surface area contributed by atoms with E-state index in [0.717, 1.165) is 0 Å². The Morgan fingerprint density at radius 1 is 1.00 bits per heavy atom. The Morgan fingerprint density at radius 2 is 1.60 bits per heavy atom. The number of benzene rings is 2. The standard InChI is InChI=1S/C22H22F2N2O3S/c23-18-5-1-3-16(11-18)13-20(27)25-9-7-22(8-10-25)26(21(28)15-30(22)29)14-17-4-2-6-19(24)12-17/h1-6,11-12H,7-10,13-15H2. The van der Waals surface area contributed by atoms with Crippen LogP contribution in [0, 0.1) is 11.6 Å². The highest BCUT2D eigenvalue weighted by Crippen LogP contribution is 2.38. The minimum Gasteiger partial charge on any atom is -0.342 e. The summed E-state index contributed by atoms with van der Waals surface area (Å²) in [6.45, 7) is 0.930. The zero-order valence-electron chi connectivity index (χ0n) is 16.4. The summed E-state index contributed by atoms with van der Waals surface area (Å²) in [5.41, 5.74) is 1.25. The molecule has 2 fully saturated rings. The highest BCUT2D eigenvalue weighted by atomic mass is 32.2. The first kappa shape index (κ1) is 20.7. The van der Waals surface area contributed by atoms with Crippen molar-refractivity contribution in [3.63, 3.8) is 0 Å². The molecule has 30 heavy (non-hydrogen) atoms. The van der Waals surface area contributed by atoms with Crippen LogP contribution in [0.4, 0.5) is 8.78 Å². The maximum atomic E-state index is 13.6. The first-order valence-corrected chi connectivity index (χ1v) is 11.1. The Morgan fingerprint density at radius 3 is 2.23 bits per heavy atom. The fourth-order valence-corrected chi connectivity index (χ4v) is 5.96. The third-order valence-electron chi connectivity index (χ3n) is 5.84. The van der Waals surface area contributed by atoms with Crippen molar-refractivity contribution in [1.82, 2.24) is 9.80 Å². The molecule has 0 aliphatic carbocycles. The lowest BCUT2D eigenvalue weighted by Crippen LogP contribution is -2.55. The van der Waals surface area contributed by atoms with Crippen LogP contribution in [-0.2, 0) is 33.4 Å². The second kappa shape index (κ2) is 8.26.